The Morgan fingerprint density at radius 1 is 0.424 bits per heavy atom. The minimum atomic E-state index is -2.14. The molecule has 4 aromatic carbocycles. The maximum atomic E-state index is 12.9. The van der Waals surface area contributed by atoms with Gasteiger partial charge in [-0.15, -0.1) is 0 Å². The van der Waals surface area contributed by atoms with Crippen molar-refractivity contribution in [2.75, 3.05) is 0 Å². The van der Waals surface area contributed by atoms with E-state index in [0.29, 0.717) is 17.9 Å². The van der Waals surface area contributed by atoms with Crippen LogP contribution >= 0.6 is 8.60 Å². The standard InChI is InChI=1S/C61H91O4P/c1-25-58(17,18)42-32-44(50(62)46(36-42)60(21,22)27-3)45-33-43(59(19,20)26-2)37-49(61(23,24)28-4)53(45)65-66-63-51-38(30-40(54(5,6)7)34-47(51)56(11,12)13)29-39-31-41(55(8,9)10)35-48(52(39)64-66)57(14,15)16/h30-37,62H,25-29H2,1-24H3. The zero-order valence-electron chi connectivity index (χ0n) is 46.3. The molecule has 0 bridgehead atoms. The van der Waals surface area contributed by atoms with Crippen molar-refractivity contribution in [1.82, 2.24) is 0 Å². The Morgan fingerprint density at radius 2 is 0.773 bits per heavy atom. The Kier molecular flexibility index (Phi) is 14.7. The van der Waals surface area contributed by atoms with Crippen LogP contribution in [0.3, 0.4) is 0 Å². The molecular weight excluding hydrogens is 828 g/mol. The molecule has 0 spiro atoms. The number of aromatic hydroxyl groups is 1. The normalized spacial score (nSPS) is 14.8. The fourth-order valence-electron chi connectivity index (χ4n) is 8.68. The molecule has 364 valence electrons. The lowest BCUT2D eigenvalue weighted by atomic mass is 9.72. The van der Waals surface area contributed by atoms with E-state index in [-0.39, 0.29) is 43.3 Å². The van der Waals surface area contributed by atoms with Gasteiger partial charge >= 0.3 is 8.60 Å². The second-order valence-electron chi connectivity index (χ2n) is 26.5. The first-order chi connectivity index (χ1) is 29.9. The molecule has 0 fully saturated rings. The Balaban J connectivity index is 2.01. The van der Waals surface area contributed by atoms with Crippen LogP contribution in [0, 0.1) is 0 Å². The first-order valence-electron chi connectivity index (χ1n) is 25.2. The molecule has 4 aromatic rings. The lowest BCUT2D eigenvalue weighted by molar-refractivity contribution is 0.363. The summed E-state index contributed by atoms with van der Waals surface area (Å²) < 4.78 is 22.7. The molecule has 0 radical (unpaired) electrons. The van der Waals surface area contributed by atoms with Crippen LogP contribution in [0.25, 0.3) is 11.1 Å². The van der Waals surface area contributed by atoms with Gasteiger partial charge in [-0.05, 0) is 115 Å². The van der Waals surface area contributed by atoms with Crippen molar-refractivity contribution >= 4 is 8.60 Å². The highest BCUT2D eigenvalue weighted by atomic mass is 31.2. The third-order valence-corrected chi connectivity index (χ3v) is 16.6. The lowest BCUT2D eigenvalue weighted by Gasteiger charge is -2.36. The number of rotatable bonds is 11. The van der Waals surface area contributed by atoms with Gasteiger partial charge in [0.15, 0.2) is 0 Å². The molecule has 0 amide bonds. The van der Waals surface area contributed by atoms with Gasteiger partial charge in [0.05, 0.1) is 0 Å². The first-order valence-corrected chi connectivity index (χ1v) is 26.3. The highest BCUT2D eigenvalue weighted by molar-refractivity contribution is 7.43. The van der Waals surface area contributed by atoms with Crippen molar-refractivity contribution in [2.24, 2.45) is 0 Å². The van der Waals surface area contributed by atoms with Crippen LogP contribution < -0.4 is 13.6 Å². The summed E-state index contributed by atoms with van der Waals surface area (Å²) in [6.45, 7) is 54.9. The summed E-state index contributed by atoms with van der Waals surface area (Å²) in [6.07, 6.45) is 4.32. The molecule has 4 nitrogen and oxygen atoms in total. The van der Waals surface area contributed by atoms with Crippen LogP contribution in [0.15, 0.2) is 48.5 Å². The fraction of sp³-hybridized carbons (Fsp3) is 0.607. The monoisotopic (exact) mass is 919 g/mol. The van der Waals surface area contributed by atoms with Crippen molar-refractivity contribution < 1.29 is 18.7 Å². The van der Waals surface area contributed by atoms with E-state index in [2.05, 4.69) is 215 Å². The average Bonchev–Trinajstić information content (AvgIpc) is 3.19. The summed E-state index contributed by atoms with van der Waals surface area (Å²) in [4.78, 5) is 0. The second kappa shape index (κ2) is 18.1. The van der Waals surface area contributed by atoms with E-state index >= 15 is 0 Å². The predicted octanol–water partition coefficient (Wildman–Crippen LogP) is 18.7. The number of phenolic OH excluding ortho intramolecular Hbond substituents is 1. The average molecular weight is 919 g/mol. The van der Waals surface area contributed by atoms with E-state index in [9.17, 15) is 5.11 Å². The minimum Gasteiger partial charge on any atom is -0.507 e. The Labute approximate surface area is 405 Å². The van der Waals surface area contributed by atoms with Gasteiger partial charge in [-0.25, -0.2) is 0 Å². The topological polar surface area (TPSA) is 47.9 Å². The third-order valence-electron chi connectivity index (χ3n) is 15.6. The summed E-state index contributed by atoms with van der Waals surface area (Å²) in [5, 5.41) is 12.9. The first kappa shape index (κ1) is 53.5. The quantitative estimate of drug-likeness (QED) is 0.152. The van der Waals surface area contributed by atoms with Gasteiger partial charge in [0, 0.05) is 39.8 Å². The van der Waals surface area contributed by atoms with Crippen molar-refractivity contribution in [2.45, 2.75) is 242 Å². The van der Waals surface area contributed by atoms with E-state index in [4.69, 9.17) is 13.6 Å². The van der Waals surface area contributed by atoms with Crippen LogP contribution in [-0.4, -0.2) is 5.11 Å². The van der Waals surface area contributed by atoms with Crippen LogP contribution in [0.4, 0.5) is 0 Å². The molecule has 1 N–H and O–H groups in total. The van der Waals surface area contributed by atoms with Crippen molar-refractivity contribution in [3.63, 3.8) is 0 Å². The van der Waals surface area contributed by atoms with Gasteiger partial charge < -0.3 is 18.7 Å². The molecule has 0 aliphatic carbocycles. The highest BCUT2D eigenvalue weighted by Crippen LogP contribution is 2.57. The molecule has 1 heterocycles. The summed E-state index contributed by atoms with van der Waals surface area (Å²) in [5.41, 5.74) is 11.8. The zero-order valence-corrected chi connectivity index (χ0v) is 47.2. The minimum absolute atomic E-state index is 0.0839. The van der Waals surface area contributed by atoms with Crippen LogP contribution in [-0.2, 0) is 49.7 Å². The van der Waals surface area contributed by atoms with Gasteiger partial charge in [0.1, 0.15) is 23.0 Å². The van der Waals surface area contributed by atoms with Crippen molar-refractivity contribution in [1.29, 1.82) is 0 Å². The number of hydrogen-bond donors (Lipinski definition) is 1. The molecule has 5 rings (SSSR count). The summed E-state index contributed by atoms with van der Waals surface area (Å²) in [7, 11) is -2.14. The molecule has 5 heteroatoms. The van der Waals surface area contributed by atoms with Crippen LogP contribution in [0.2, 0.25) is 0 Å². The molecule has 1 aliphatic rings. The van der Waals surface area contributed by atoms with E-state index in [1.807, 2.05) is 0 Å². The number of benzene rings is 4. The van der Waals surface area contributed by atoms with Gasteiger partial charge in [0.25, 0.3) is 0 Å². The maximum Gasteiger partial charge on any atom is 0.530 e. The van der Waals surface area contributed by atoms with Crippen LogP contribution in [0.1, 0.15) is 247 Å². The smallest absolute Gasteiger partial charge is 0.507 e. The van der Waals surface area contributed by atoms with E-state index in [0.717, 1.165) is 81.7 Å². The lowest BCUT2D eigenvalue weighted by Crippen LogP contribution is -2.24. The second-order valence-corrected chi connectivity index (χ2v) is 27.5. The number of phenols is 1. The predicted molar refractivity (Wildman–Crippen MR) is 286 cm³/mol. The molecule has 0 saturated heterocycles. The molecule has 0 atom stereocenters. The van der Waals surface area contributed by atoms with E-state index < -0.39 is 8.60 Å². The number of hydrogen-bond acceptors (Lipinski definition) is 4. The summed E-state index contributed by atoms with van der Waals surface area (Å²) in [5.74, 6) is 2.70. The Hall–Kier alpha value is -3.49. The molecular formula is C61H91O4P. The third kappa shape index (κ3) is 10.9. The number of fused-ring (bicyclic) bond motifs is 2. The Bertz CT molecular complexity index is 2330. The van der Waals surface area contributed by atoms with Gasteiger partial charge in [-0.3, -0.25) is 0 Å². The molecule has 66 heavy (non-hydrogen) atoms. The fourth-order valence-corrected chi connectivity index (χ4v) is 9.86. The SMILES string of the molecule is CCC(C)(C)c1cc(-c2cc(C(C)(C)CC)cc(C(C)(C)CC)c2OP2Oc3c(cc(C(C)(C)C)cc3C(C)(C)C)Cc3cc(C(C)(C)C)cc(C(C)(C)C)c3O2)c(O)c(C(C)(C)CC)c1. The highest BCUT2D eigenvalue weighted by Gasteiger charge is 2.40. The zero-order chi connectivity index (χ0) is 50.1. The van der Waals surface area contributed by atoms with Crippen molar-refractivity contribution in [3.8, 4) is 34.1 Å². The van der Waals surface area contributed by atoms with Crippen LogP contribution in [0.5, 0.6) is 23.0 Å². The maximum absolute atomic E-state index is 12.9. The van der Waals surface area contributed by atoms with Gasteiger partial charge in [-0.1, -0.05) is 203 Å². The van der Waals surface area contributed by atoms with Crippen molar-refractivity contribution in [3.05, 3.63) is 104 Å². The molecule has 1 aliphatic heterocycles. The molecule has 0 aromatic heterocycles. The van der Waals surface area contributed by atoms with E-state index in [1.54, 1.807) is 0 Å². The Morgan fingerprint density at radius 3 is 1.14 bits per heavy atom. The molecule has 0 saturated carbocycles. The summed E-state index contributed by atoms with van der Waals surface area (Å²) >= 11 is 0. The van der Waals surface area contributed by atoms with Gasteiger partial charge in [0.2, 0.25) is 0 Å². The van der Waals surface area contributed by atoms with Gasteiger partial charge in [-0.2, -0.15) is 0 Å². The van der Waals surface area contributed by atoms with E-state index in [1.165, 1.54) is 22.3 Å². The summed E-state index contributed by atoms with van der Waals surface area (Å²) in [6, 6.07) is 18.7. The largest absolute Gasteiger partial charge is 0.530 e. The molecule has 0 unspecified atom stereocenters.